The van der Waals surface area contributed by atoms with Gasteiger partial charge in [-0.1, -0.05) is 22.0 Å². The third-order valence-electron chi connectivity index (χ3n) is 3.31. The Hall–Kier alpha value is -1.14. The molecule has 1 saturated heterocycles. The van der Waals surface area contributed by atoms with Gasteiger partial charge in [-0.05, 0) is 24.6 Å². The first-order valence-corrected chi connectivity index (χ1v) is 7.47. The number of piperazine rings is 1. The summed E-state index contributed by atoms with van der Waals surface area (Å²) in [4.78, 5) is 15.6. The van der Waals surface area contributed by atoms with Gasteiger partial charge in [0.05, 0.1) is 6.61 Å². The molecular weight excluding hydrogens is 327 g/mol. The maximum absolute atomic E-state index is 13.0. The Morgan fingerprint density at radius 3 is 2.65 bits per heavy atom. The molecule has 4 nitrogen and oxygen atoms in total. The zero-order valence-corrected chi connectivity index (χ0v) is 13.0. The van der Waals surface area contributed by atoms with Crippen molar-refractivity contribution in [3.8, 4) is 0 Å². The average molecular weight is 345 g/mol. The lowest BCUT2D eigenvalue weighted by Crippen LogP contribution is -2.48. The predicted molar refractivity (Wildman–Crippen MR) is 78.0 cm³/mol. The number of carbonyl (C=O) groups is 1. The third kappa shape index (κ3) is 3.93. The second kappa shape index (κ2) is 7.04. The standard InChI is InChI=1S/C14H18BrFN2O2/c1-2-20-14(19)18-7-5-17(6-8-18)10-11-3-4-12(16)9-13(11)15/h3-4,9H,2,5-8,10H2,1H3. The highest BCUT2D eigenvalue weighted by molar-refractivity contribution is 9.10. The molecule has 110 valence electrons. The number of benzene rings is 1. The van der Waals surface area contributed by atoms with E-state index in [0.717, 1.165) is 29.7 Å². The van der Waals surface area contributed by atoms with Gasteiger partial charge in [0, 0.05) is 37.2 Å². The van der Waals surface area contributed by atoms with Crippen molar-refractivity contribution in [1.29, 1.82) is 0 Å². The van der Waals surface area contributed by atoms with E-state index in [2.05, 4.69) is 20.8 Å². The zero-order valence-electron chi connectivity index (χ0n) is 11.4. The molecule has 0 N–H and O–H groups in total. The quantitative estimate of drug-likeness (QED) is 0.845. The van der Waals surface area contributed by atoms with E-state index < -0.39 is 0 Å². The monoisotopic (exact) mass is 344 g/mol. The van der Waals surface area contributed by atoms with Crippen LogP contribution in [0.3, 0.4) is 0 Å². The van der Waals surface area contributed by atoms with E-state index in [1.54, 1.807) is 17.9 Å². The molecule has 0 saturated carbocycles. The van der Waals surface area contributed by atoms with Gasteiger partial charge < -0.3 is 9.64 Å². The number of carbonyl (C=O) groups excluding carboxylic acids is 1. The summed E-state index contributed by atoms with van der Waals surface area (Å²) in [5.74, 6) is -0.243. The lowest BCUT2D eigenvalue weighted by atomic mass is 10.2. The summed E-state index contributed by atoms with van der Waals surface area (Å²) in [6, 6.07) is 4.73. The normalized spacial score (nSPS) is 16.2. The van der Waals surface area contributed by atoms with Crippen molar-refractivity contribution >= 4 is 22.0 Å². The number of rotatable bonds is 3. The number of halogens is 2. The van der Waals surface area contributed by atoms with E-state index in [9.17, 15) is 9.18 Å². The van der Waals surface area contributed by atoms with Crippen molar-refractivity contribution in [3.63, 3.8) is 0 Å². The lowest BCUT2D eigenvalue weighted by molar-refractivity contribution is 0.0778. The van der Waals surface area contributed by atoms with Crippen LogP contribution < -0.4 is 0 Å². The summed E-state index contributed by atoms with van der Waals surface area (Å²) in [6.07, 6.45) is -0.241. The molecule has 0 aliphatic carbocycles. The number of hydrogen-bond acceptors (Lipinski definition) is 3. The van der Waals surface area contributed by atoms with Crippen LogP contribution in [-0.4, -0.2) is 48.7 Å². The second-order valence-corrected chi connectivity index (χ2v) is 5.55. The first kappa shape index (κ1) is 15.3. The van der Waals surface area contributed by atoms with Gasteiger partial charge in [-0.15, -0.1) is 0 Å². The Labute approximate surface area is 126 Å². The van der Waals surface area contributed by atoms with Crippen molar-refractivity contribution in [1.82, 2.24) is 9.80 Å². The van der Waals surface area contributed by atoms with Gasteiger partial charge in [0.15, 0.2) is 0 Å². The molecule has 1 amide bonds. The molecule has 1 aromatic rings. The Balaban J connectivity index is 1.86. The Kier molecular flexibility index (Phi) is 5.37. The molecule has 0 radical (unpaired) electrons. The highest BCUT2D eigenvalue weighted by atomic mass is 79.9. The molecule has 0 spiro atoms. The molecule has 1 heterocycles. The summed E-state index contributed by atoms with van der Waals surface area (Å²) in [5, 5.41) is 0. The Morgan fingerprint density at radius 1 is 1.35 bits per heavy atom. The first-order valence-electron chi connectivity index (χ1n) is 6.68. The minimum absolute atomic E-state index is 0.241. The zero-order chi connectivity index (χ0) is 14.5. The van der Waals surface area contributed by atoms with Gasteiger partial charge in [-0.3, -0.25) is 4.90 Å². The first-order chi connectivity index (χ1) is 9.60. The molecule has 1 aliphatic rings. The van der Waals surface area contributed by atoms with Gasteiger partial charge in [0.25, 0.3) is 0 Å². The van der Waals surface area contributed by atoms with E-state index in [0.29, 0.717) is 19.7 Å². The maximum atomic E-state index is 13.0. The van der Waals surface area contributed by atoms with Gasteiger partial charge in [0.2, 0.25) is 0 Å². The number of nitrogens with zero attached hydrogens (tertiary/aromatic N) is 2. The van der Waals surface area contributed by atoms with Crippen LogP contribution in [0.1, 0.15) is 12.5 Å². The van der Waals surface area contributed by atoms with Crippen LogP contribution in [0.4, 0.5) is 9.18 Å². The smallest absolute Gasteiger partial charge is 0.409 e. The van der Waals surface area contributed by atoms with E-state index >= 15 is 0 Å². The molecule has 0 unspecified atom stereocenters. The fourth-order valence-corrected chi connectivity index (χ4v) is 2.67. The van der Waals surface area contributed by atoms with Gasteiger partial charge >= 0.3 is 6.09 Å². The highest BCUT2D eigenvalue weighted by Crippen LogP contribution is 2.20. The van der Waals surface area contributed by atoms with Crippen LogP contribution >= 0.6 is 15.9 Å². The van der Waals surface area contributed by atoms with E-state index in [1.165, 1.54) is 12.1 Å². The molecule has 2 rings (SSSR count). The minimum atomic E-state index is -0.243. The van der Waals surface area contributed by atoms with Crippen LogP contribution in [0.25, 0.3) is 0 Å². The third-order valence-corrected chi connectivity index (χ3v) is 4.05. The van der Waals surface area contributed by atoms with Crippen molar-refractivity contribution in [2.75, 3.05) is 32.8 Å². The average Bonchev–Trinajstić information content (AvgIpc) is 2.43. The summed E-state index contributed by atoms with van der Waals surface area (Å²) in [7, 11) is 0. The van der Waals surface area contributed by atoms with E-state index in [-0.39, 0.29) is 11.9 Å². The van der Waals surface area contributed by atoms with Crippen LogP contribution in [-0.2, 0) is 11.3 Å². The molecule has 6 heteroatoms. The summed E-state index contributed by atoms with van der Waals surface area (Å²) in [5.41, 5.74) is 1.05. The molecular formula is C14H18BrFN2O2. The minimum Gasteiger partial charge on any atom is -0.450 e. The van der Waals surface area contributed by atoms with Crippen molar-refractivity contribution < 1.29 is 13.9 Å². The fourth-order valence-electron chi connectivity index (χ4n) is 2.19. The summed E-state index contributed by atoms with van der Waals surface area (Å²) >= 11 is 3.38. The molecule has 20 heavy (non-hydrogen) atoms. The molecule has 1 aliphatic heterocycles. The van der Waals surface area contributed by atoms with Crippen LogP contribution in [0, 0.1) is 5.82 Å². The summed E-state index contributed by atoms with van der Waals surface area (Å²) in [6.45, 7) is 5.87. The van der Waals surface area contributed by atoms with Crippen LogP contribution in [0.15, 0.2) is 22.7 Å². The largest absolute Gasteiger partial charge is 0.450 e. The van der Waals surface area contributed by atoms with Gasteiger partial charge in [0.1, 0.15) is 5.82 Å². The molecule has 1 fully saturated rings. The molecule has 0 bridgehead atoms. The topological polar surface area (TPSA) is 32.8 Å². The molecule has 0 atom stereocenters. The fraction of sp³-hybridized carbons (Fsp3) is 0.500. The number of hydrogen-bond donors (Lipinski definition) is 0. The Morgan fingerprint density at radius 2 is 2.05 bits per heavy atom. The van der Waals surface area contributed by atoms with Crippen LogP contribution in [0.5, 0.6) is 0 Å². The summed E-state index contributed by atoms with van der Waals surface area (Å²) < 4.78 is 18.8. The molecule has 0 aromatic heterocycles. The van der Waals surface area contributed by atoms with E-state index in [4.69, 9.17) is 4.74 Å². The van der Waals surface area contributed by atoms with Crippen molar-refractivity contribution in [3.05, 3.63) is 34.1 Å². The highest BCUT2D eigenvalue weighted by Gasteiger charge is 2.22. The number of amides is 1. The van der Waals surface area contributed by atoms with Crippen LogP contribution in [0.2, 0.25) is 0 Å². The van der Waals surface area contributed by atoms with Crippen molar-refractivity contribution in [2.24, 2.45) is 0 Å². The Bertz CT molecular complexity index is 476. The molecule has 1 aromatic carbocycles. The second-order valence-electron chi connectivity index (χ2n) is 4.70. The van der Waals surface area contributed by atoms with Crippen molar-refractivity contribution in [2.45, 2.75) is 13.5 Å². The van der Waals surface area contributed by atoms with Gasteiger partial charge in [-0.25, -0.2) is 9.18 Å². The predicted octanol–water partition coefficient (Wildman–Crippen LogP) is 2.86. The number of ether oxygens (including phenoxy) is 1. The lowest BCUT2D eigenvalue weighted by Gasteiger charge is -2.34. The SMILES string of the molecule is CCOC(=O)N1CCN(Cc2ccc(F)cc2Br)CC1. The van der Waals surface area contributed by atoms with Gasteiger partial charge in [-0.2, -0.15) is 0 Å². The maximum Gasteiger partial charge on any atom is 0.409 e. The van der Waals surface area contributed by atoms with E-state index in [1.807, 2.05) is 0 Å².